The van der Waals surface area contributed by atoms with E-state index < -0.39 is 0 Å². The van der Waals surface area contributed by atoms with Crippen LogP contribution in [0.5, 0.6) is 0 Å². The molecule has 5 nitrogen and oxygen atoms in total. The number of hydrogen-bond acceptors (Lipinski definition) is 3. The van der Waals surface area contributed by atoms with E-state index in [1.165, 1.54) is 16.9 Å². The molecule has 174 valence electrons. The first-order valence-electron chi connectivity index (χ1n) is 11.8. The molecule has 1 unspecified atom stereocenters. The van der Waals surface area contributed by atoms with Crippen molar-refractivity contribution in [3.63, 3.8) is 0 Å². The third-order valence-electron chi connectivity index (χ3n) is 7.01. The Morgan fingerprint density at radius 3 is 2.59 bits per heavy atom. The van der Waals surface area contributed by atoms with Gasteiger partial charge in [0, 0.05) is 48.8 Å². The molecule has 2 aromatic heterocycles. The summed E-state index contributed by atoms with van der Waals surface area (Å²) in [6.07, 6.45) is 4.48. The van der Waals surface area contributed by atoms with Crippen LogP contribution in [0.4, 0.5) is 0 Å². The summed E-state index contributed by atoms with van der Waals surface area (Å²) in [5.74, 6) is 0.503. The van der Waals surface area contributed by atoms with Crippen molar-refractivity contribution in [2.45, 2.75) is 25.3 Å². The quantitative estimate of drug-likeness (QED) is 0.406. The number of carbonyl (C=O) groups is 2. The first kappa shape index (κ1) is 22.4. The number of benzene rings is 2. The van der Waals surface area contributed by atoms with Crippen LogP contribution in [-0.2, 0) is 6.42 Å². The Bertz CT molecular complexity index is 1260. The second-order valence-electron chi connectivity index (χ2n) is 9.06. The summed E-state index contributed by atoms with van der Waals surface area (Å²) in [5.41, 5.74) is 3.01. The van der Waals surface area contributed by atoms with Crippen LogP contribution in [0.1, 0.15) is 38.4 Å². The smallest absolute Gasteiger partial charge is 0.263 e. The minimum absolute atomic E-state index is 0.0780. The Morgan fingerprint density at radius 2 is 1.85 bits per heavy atom. The summed E-state index contributed by atoms with van der Waals surface area (Å²) in [7, 11) is 1.93. The van der Waals surface area contributed by atoms with E-state index in [2.05, 4.69) is 29.2 Å². The van der Waals surface area contributed by atoms with E-state index in [1.807, 2.05) is 70.9 Å². The molecule has 0 saturated carbocycles. The minimum atomic E-state index is 0.0780. The fourth-order valence-electron chi connectivity index (χ4n) is 5.06. The van der Waals surface area contributed by atoms with Crippen molar-refractivity contribution >= 4 is 34.1 Å². The third-order valence-corrected chi connectivity index (χ3v) is 7.87. The summed E-state index contributed by atoms with van der Waals surface area (Å²) in [5, 5.41) is 3.00. The molecule has 2 amide bonds. The lowest BCUT2D eigenvalue weighted by Crippen LogP contribution is -2.48. The summed E-state index contributed by atoms with van der Waals surface area (Å²) < 4.78 is 0. The van der Waals surface area contributed by atoms with Crippen molar-refractivity contribution < 1.29 is 9.59 Å². The standard InChI is InChI=1S/C28H29N3O2S/c1-30(28(33)26-8-5-17-34-26)25(18-20-6-3-2-4-7-20)21-12-15-31(16-13-21)27(32)23-9-10-24-22(19-23)11-14-29-24/h2-11,14,17,19,21,25,29H,12-13,15-16,18H2,1H3. The lowest BCUT2D eigenvalue weighted by Gasteiger charge is -2.40. The van der Waals surface area contributed by atoms with Gasteiger partial charge < -0.3 is 14.8 Å². The second kappa shape index (κ2) is 9.85. The molecular formula is C28H29N3O2S. The molecule has 3 heterocycles. The van der Waals surface area contributed by atoms with E-state index in [4.69, 9.17) is 0 Å². The molecular weight excluding hydrogens is 442 g/mol. The van der Waals surface area contributed by atoms with Crippen LogP contribution < -0.4 is 0 Å². The highest BCUT2D eigenvalue weighted by Gasteiger charge is 2.33. The highest BCUT2D eigenvalue weighted by Crippen LogP contribution is 2.29. The second-order valence-corrected chi connectivity index (χ2v) is 10.0. The number of aromatic nitrogens is 1. The molecule has 1 aliphatic rings. The number of rotatable bonds is 6. The highest BCUT2D eigenvalue weighted by molar-refractivity contribution is 7.12. The number of nitrogens with one attached hydrogen (secondary N) is 1. The number of H-pyrrole nitrogens is 1. The van der Waals surface area contributed by atoms with Crippen molar-refractivity contribution in [2.24, 2.45) is 5.92 Å². The lowest BCUT2D eigenvalue weighted by atomic mass is 9.84. The molecule has 2 aromatic carbocycles. The Kier molecular flexibility index (Phi) is 6.50. The molecule has 1 fully saturated rings. The average Bonchev–Trinajstić information content (AvgIpc) is 3.59. The van der Waals surface area contributed by atoms with E-state index in [0.717, 1.165) is 40.6 Å². The Morgan fingerprint density at radius 1 is 1.06 bits per heavy atom. The van der Waals surface area contributed by atoms with Crippen molar-refractivity contribution in [1.29, 1.82) is 0 Å². The Labute approximate surface area is 204 Å². The molecule has 4 aromatic rings. The van der Waals surface area contributed by atoms with Gasteiger partial charge >= 0.3 is 0 Å². The van der Waals surface area contributed by atoms with Crippen molar-refractivity contribution in [3.8, 4) is 0 Å². The van der Waals surface area contributed by atoms with Gasteiger partial charge in [0.2, 0.25) is 0 Å². The van der Waals surface area contributed by atoms with E-state index in [1.54, 1.807) is 0 Å². The number of amides is 2. The molecule has 1 N–H and O–H groups in total. The van der Waals surface area contributed by atoms with E-state index in [-0.39, 0.29) is 17.9 Å². The summed E-state index contributed by atoms with van der Waals surface area (Å²) >= 11 is 1.49. The van der Waals surface area contributed by atoms with Gasteiger partial charge in [-0.2, -0.15) is 0 Å². The number of carbonyl (C=O) groups excluding carboxylic acids is 2. The van der Waals surface area contributed by atoms with Gasteiger partial charge in [-0.15, -0.1) is 11.3 Å². The Balaban J connectivity index is 1.30. The van der Waals surface area contributed by atoms with Crippen molar-refractivity contribution in [3.05, 3.63) is 94.3 Å². The minimum Gasteiger partial charge on any atom is -0.361 e. The van der Waals surface area contributed by atoms with Crippen LogP contribution in [0.25, 0.3) is 10.9 Å². The van der Waals surface area contributed by atoms with Gasteiger partial charge in [0.15, 0.2) is 0 Å². The molecule has 0 radical (unpaired) electrons. The number of hydrogen-bond donors (Lipinski definition) is 1. The van der Waals surface area contributed by atoms with E-state index >= 15 is 0 Å². The zero-order chi connectivity index (χ0) is 23.5. The summed E-state index contributed by atoms with van der Waals surface area (Å²) in [6.45, 7) is 1.42. The predicted molar refractivity (Wildman–Crippen MR) is 137 cm³/mol. The largest absolute Gasteiger partial charge is 0.361 e. The number of piperidine rings is 1. The van der Waals surface area contributed by atoms with Crippen LogP contribution in [-0.4, -0.2) is 52.8 Å². The molecule has 1 saturated heterocycles. The molecule has 34 heavy (non-hydrogen) atoms. The molecule has 5 rings (SSSR count). The highest BCUT2D eigenvalue weighted by atomic mass is 32.1. The SMILES string of the molecule is CN(C(=O)c1cccs1)C(Cc1ccccc1)C1CCN(C(=O)c2ccc3[nH]ccc3c2)CC1. The third kappa shape index (κ3) is 4.64. The van der Waals surface area contributed by atoms with E-state index in [9.17, 15) is 9.59 Å². The van der Waals surface area contributed by atoms with Crippen LogP contribution in [0.3, 0.4) is 0 Å². The molecule has 0 bridgehead atoms. The fourth-order valence-corrected chi connectivity index (χ4v) is 5.76. The van der Waals surface area contributed by atoms with Gasteiger partial charge in [-0.25, -0.2) is 0 Å². The maximum Gasteiger partial charge on any atom is 0.263 e. The number of likely N-dealkylation sites (N-methyl/N-ethyl adjacent to an activating group) is 1. The van der Waals surface area contributed by atoms with Gasteiger partial charge in [0.25, 0.3) is 11.8 Å². The van der Waals surface area contributed by atoms with Crippen molar-refractivity contribution in [1.82, 2.24) is 14.8 Å². The van der Waals surface area contributed by atoms with Crippen LogP contribution in [0.2, 0.25) is 0 Å². The van der Waals surface area contributed by atoms with Gasteiger partial charge in [-0.05, 0) is 66.5 Å². The van der Waals surface area contributed by atoms with Gasteiger partial charge in [-0.1, -0.05) is 36.4 Å². The summed E-state index contributed by atoms with van der Waals surface area (Å²) in [6, 6.07) is 22.1. The maximum absolute atomic E-state index is 13.2. The molecule has 0 spiro atoms. The number of thiophene rings is 1. The number of aromatic amines is 1. The predicted octanol–water partition coefficient (Wildman–Crippen LogP) is 5.47. The van der Waals surface area contributed by atoms with Gasteiger partial charge in [-0.3, -0.25) is 9.59 Å². The van der Waals surface area contributed by atoms with Crippen LogP contribution in [0, 0.1) is 5.92 Å². The van der Waals surface area contributed by atoms with Gasteiger partial charge in [0.1, 0.15) is 0 Å². The Hall–Kier alpha value is -3.38. The molecule has 1 aliphatic heterocycles. The number of likely N-dealkylation sites (tertiary alicyclic amines) is 1. The first-order valence-corrected chi connectivity index (χ1v) is 12.7. The maximum atomic E-state index is 13.2. The normalized spacial score (nSPS) is 15.4. The number of fused-ring (bicyclic) bond motifs is 1. The zero-order valence-corrected chi connectivity index (χ0v) is 20.1. The summed E-state index contributed by atoms with van der Waals surface area (Å²) in [4.78, 5) is 34.2. The fraction of sp³-hybridized carbons (Fsp3) is 0.286. The number of nitrogens with zero attached hydrogens (tertiary/aromatic N) is 2. The molecule has 0 aliphatic carbocycles. The van der Waals surface area contributed by atoms with E-state index in [0.29, 0.717) is 19.0 Å². The first-order chi connectivity index (χ1) is 16.6. The molecule has 6 heteroatoms. The topological polar surface area (TPSA) is 56.4 Å². The van der Waals surface area contributed by atoms with Crippen LogP contribution in [0.15, 0.2) is 78.3 Å². The zero-order valence-electron chi connectivity index (χ0n) is 19.3. The average molecular weight is 472 g/mol. The van der Waals surface area contributed by atoms with Crippen molar-refractivity contribution in [2.75, 3.05) is 20.1 Å². The lowest BCUT2D eigenvalue weighted by molar-refractivity contribution is 0.0525. The van der Waals surface area contributed by atoms with Gasteiger partial charge in [0.05, 0.1) is 4.88 Å². The molecule has 1 atom stereocenters. The van der Waals surface area contributed by atoms with Crippen LogP contribution >= 0.6 is 11.3 Å². The monoisotopic (exact) mass is 471 g/mol.